The van der Waals surface area contributed by atoms with E-state index in [1.54, 1.807) is 0 Å². The van der Waals surface area contributed by atoms with Gasteiger partial charge >= 0.3 is 0 Å². The van der Waals surface area contributed by atoms with Crippen molar-refractivity contribution in [3.05, 3.63) is 54.1 Å². The van der Waals surface area contributed by atoms with Crippen LogP contribution in [-0.4, -0.2) is 5.16 Å². The lowest BCUT2D eigenvalue weighted by Crippen LogP contribution is -1.80. The lowest BCUT2D eigenvalue weighted by molar-refractivity contribution is 0.441. The van der Waals surface area contributed by atoms with Gasteiger partial charge in [0, 0.05) is 10.9 Å². The Hall–Kier alpha value is -2.09. The third kappa shape index (κ3) is 1.72. The molecule has 0 atom stereocenters. The van der Waals surface area contributed by atoms with E-state index in [9.17, 15) is 0 Å². The zero-order chi connectivity index (χ0) is 11.7. The van der Waals surface area contributed by atoms with Gasteiger partial charge in [0.2, 0.25) is 0 Å². The van der Waals surface area contributed by atoms with E-state index in [2.05, 4.69) is 24.2 Å². The number of rotatable bonds is 2. The molecule has 2 nitrogen and oxygen atoms in total. The van der Waals surface area contributed by atoms with Crippen molar-refractivity contribution in [3.8, 4) is 11.3 Å². The summed E-state index contributed by atoms with van der Waals surface area (Å²) in [5.41, 5.74) is 3.29. The van der Waals surface area contributed by atoms with Gasteiger partial charge < -0.3 is 4.52 Å². The van der Waals surface area contributed by atoms with E-state index in [0.717, 1.165) is 28.6 Å². The van der Waals surface area contributed by atoms with Gasteiger partial charge in [-0.05, 0) is 24.1 Å². The molecule has 0 aliphatic heterocycles. The zero-order valence-electron chi connectivity index (χ0n) is 9.68. The maximum Gasteiger partial charge on any atom is 0.174 e. The van der Waals surface area contributed by atoms with Crippen LogP contribution in [0.4, 0.5) is 0 Å². The fourth-order valence-electron chi connectivity index (χ4n) is 2.01. The van der Waals surface area contributed by atoms with Crippen LogP contribution in [0, 0.1) is 0 Å². The summed E-state index contributed by atoms with van der Waals surface area (Å²) in [6, 6.07) is 16.4. The Morgan fingerprint density at radius 3 is 2.65 bits per heavy atom. The van der Waals surface area contributed by atoms with Crippen molar-refractivity contribution in [2.75, 3.05) is 0 Å². The summed E-state index contributed by atoms with van der Waals surface area (Å²) in [6.45, 7) is 2.15. The largest absolute Gasteiger partial charge is 0.355 e. The first-order valence-corrected chi connectivity index (χ1v) is 5.82. The molecule has 0 saturated carbocycles. The van der Waals surface area contributed by atoms with Crippen LogP contribution in [0.5, 0.6) is 0 Å². The highest BCUT2D eigenvalue weighted by atomic mass is 16.5. The molecule has 0 radical (unpaired) electrons. The number of benzene rings is 2. The average molecular weight is 223 g/mol. The lowest BCUT2D eigenvalue weighted by atomic mass is 10.1. The molecule has 0 bridgehead atoms. The minimum absolute atomic E-state index is 0.857. The first-order valence-electron chi connectivity index (χ1n) is 5.82. The van der Waals surface area contributed by atoms with Crippen LogP contribution in [0.25, 0.3) is 22.2 Å². The number of aromatic nitrogens is 1. The Labute approximate surface area is 99.9 Å². The van der Waals surface area contributed by atoms with Crippen molar-refractivity contribution in [1.29, 1.82) is 0 Å². The fraction of sp³-hybridized carbons (Fsp3) is 0.133. The van der Waals surface area contributed by atoms with Crippen LogP contribution in [0.1, 0.15) is 12.5 Å². The standard InChI is InChI=1S/C15H13NO/c1-2-11-8-9-14-13(10-11)15(17-16-14)12-6-4-3-5-7-12/h3-10H,2H2,1H3. The first kappa shape index (κ1) is 10.1. The Bertz CT molecular complexity index is 640. The Morgan fingerprint density at radius 1 is 1.06 bits per heavy atom. The molecule has 3 aromatic rings. The van der Waals surface area contributed by atoms with E-state index >= 15 is 0 Å². The molecule has 84 valence electrons. The maximum absolute atomic E-state index is 5.45. The Kier molecular flexibility index (Phi) is 2.41. The minimum atomic E-state index is 0.857. The van der Waals surface area contributed by atoms with Gasteiger partial charge in [0.25, 0.3) is 0 Å². The van der Waals surface area contributed by atoms with Crippen molar-refractivity contribution < 1.29 is 4.52 Å². The number of nitrogens with zero attached hydrogens (tertiary/aromatic N) is 1. The molecule has 2 heteroatoms. The van der Waals surface area contributed by atoms with Gasteiger partial charge in [-0.25, -0.2) is 0 Å². The molecular formula is C15H13NO. The molecule has 0 aliphatic rings. The van der Waals surface area contributed by atoms with E-state index in [-0.39, 0.29) is 0 Å². The molecule has 1 heterocycles. The van der Waals surface area contributed by atoms with Crippen LogP contribution in [0.15, 0.2) is 53.1 Å². The molecule has 0 N–H and O–H groups in total. The van der Waals surface area contributed by atoms with Crippen LogP contribution in [-0.2, 0) is 6.42 Å². The first-order chi connectivity index (χ1) is 8.38. The van der Waals surface area contributed by atoms with E-state index in [1.807, 2.05) is 36.4 Å². The van der Waals surface area contributed by atoms with Gasteiger partial charge in [-0.3, -0.25) is 0 Å². The van der Waals surface area contributed by atoms with E-state index in [4.69, 9.17) is 4.52 Å². The summed E-state index contributed by atoms with van der Waals surface area (Å²) < 4.78 is 5.45. The third-order valence-electron chi connectivity index (χ3n) is 2.99. The lowest BCUT2D eigenvalue weighted by Gasteiger charge is -1.98. The third-order valence-corrected chi connectivity index (χ3v) is 2.99. The molecular weight excluding hydrogens is 210 g/mol. The highest BCUT2D eigenvalue weighted by molar-refractivity contribution is 5.91. The summed E-state index contributed by atoms with van der Waals surface area (Å²) in [5.74, 6) is 0.857. The van der Waals surface area contributed by atoms with E-state index in [0.29, 0.717) is 0 Å². The number of hydrogen-bond donors (Lipinski definition) is 0. The quantitative estimate of drug-likeness (QED) is 0.654. The van der Waals surface area contributed by atoms with E-state index in [1.165, 1.54) is 5.56 Å². The predicted octanol–water partition coefficient (Wildman–Crippen LogP) is 4.06. The molecule has 0 amide bonds. The SMILES string of the molecule is CCc1ccc2noc(-c3ccccc3)c2c1. The van der Waals surface area contributed by atoms with Crippen molar-refractivity contribution in [2.45, 2.75) is 13.3 Å². The average Bonchev–Trinajstić information content (AvgIpc) is 2.82. The van der Waals surface area contributed by atoms with Crippen molar-refractivity contribution in [1.82, 2.24) is 5.16 Å². The zero-order valence-corrected chi connectivity index (χ0v) is 9.68. The van der Waals surface area contributed by atoms with Gasteiger partial charge in [-0.15, -0.1) is 0 Å². The second kappa shape index (κ2) is 4.06. The summed E-state index contributed by atoms with van der Waals surface area (Å²) in [7, 11) is 0. The van der Waals surface area contributed by atoms with Crippen LogP contribution < -0.4 is 0 Å². The van der Waals surface area contributed by atoms with Gasteiger partial charge in [0.1, 0.15) is 5.52 Å². The molecule has 1 aromatic heterocycles. The maximum atomic E-state index is 5.45. The van der Waals surface area contributed by atoms with Crippen molar-refractivity contribution >= 4 is 10.9 Å². The van der Waals surface area contributed by atoms with Crippen molar-refractivity contribution in [2.24, 2.45) is 0 Å². The molecule has 0 unspecified atom stereocenters. The molecule has 0 aliphatic carbocycles. The molecule has 0 fully saturated rings. The summed E-state index contributed by atoms with van der Waals surface area (Å²) in [6.07, 6.45) is 1.02. The molecule has 17 heavy (non-hydrogen) atoms. The molecule has 2 aromatic carbocycles. The second-order valence-corrected chi connectivity index (χ2v) is 4.08. The normalized spacial score (nSPS) is 10.9. The molecule has 3 rings (SSSR count). The van der Waals surface area contributed by atoms with Crippen LogP contribution in [0.3, 0.4) is 0 Å². The molecule has 0 saturated heterocycles. The Balaban J connectivity index is 2.23. The topological polar surface area (TPSA) is 26.0 Å². The van der Waals surface area contributed by atoms with Gasteiger partial charge in [0.15, 0.2) is 5.76 Å². The number of aryl methyl sites for hydroxylation is 1. The number of hydrogen-bond acceptors (Lipinski definition) is 2. The summed E-state index contributed by atoms with van der Waals surface area (Å²) in [4.78, 5) is 0. The van der Waals surface area contributed by atoms with Crippen molar-refractivity contribution in [3.63, 3.8) is 0 Å². The fourth-order valence-corrected chi connectivity index (χ4v) is 2.01. The predicted molar refractivity (Wildman–Crippen MR) is 68.8 cm³/mol. The van der Waals surface area contributed by atoms with Crippen LogP contribution in [0.2, 0.25) is 0 Å². The second-order valence-electron chi connectivity index (χ2n) is 4.08. The summed E-state index contributed by atoms with van der Waals surface area (Å²) in [5, 5.41) is 5.19. The minimum Gasteiger partial charge on any atom is -0.355 e. The smallest absolute Gasteiger partial charge is 0.174 e. The highest BCUT2D eigenvalue weighted by Gasteiger charge is 2.10. The van der Waals surface area contributed by atoms with Crippen LogP contribution >= 0.6 is 0 Å². The summed E-state index contributed by atoms with van der Waals surface area (Å²) >= 11 is 0. The van der Waals surface area contributed by atoms with Gasteiger partial charge in [-0.1, -0.05) is 48.5 Å². The molecule has 0 spiro atoms. The monoisotopic (exact) mass is 223 g/mol. The highest BCUT2D eigenvalue weighted by Crippen LogP contribution is 2.29. The van der Waals surface area contributed by atoms with Gasteiger partial charge in [-0.2, -0.15) is 0 Å². The van der Waals surface area contributed by atoms with E-state index < -0.39 is 0 Å². The Morgan fingerprint density at radius 2 is 1.88 bits per heavy atom. The van der Waals surface area contributed by atoms with Gasteiger partial charge in [0.05, 0.1) is 0 Å². The number of fused-ring (bicyclic) bond motifs is 1.